The van der Waals surface area contributed by atoms with E-state index in [-0.39, 0.29) is 5.54 Å². The van der Waals surface area contributed by atoms with Crippen molar-refractivity contribution in [1.82, 2.24) is 15.0 Å². The fourth-order valence-corrected chi connectivity index (χ4v) is 2.83. The lowest BCUT2D eigenvalue weighted by Gasteiger charge is -2.21. The van der Waals surface area contributed by atoms with Crippen molar-refractivity contribution in [3.05, 3.63) is 18.0 Å². The maximum Gasteiger partial charge on any atom is 0.215 e. The van der Waals surface area contributed by atoms with Gasteiger partial charge in [-0.25, -0.2) is 4.98 Å². The van der Waals surface area contributed by atoms with Crippen molar-refractivity contribution >= 4 is 11.2 Å². The Morgan fingerprint density at radius 2 is 2.11 bits per heavy atom. The van der Waals surface area contributed by atoms with Gasteiger partial charge < -0.3 is 15.5 Å². The summed E-state index contributed by atoms with van der Waals surface area (Å²) >= 11 is 0. The number of imidazole rings is 1. The number of nitrogens with zero attached hydrogens (tertiary/aromatic N) is 2. The highest BCUT2D eigenvalue weighted by Crippen LogP contribution is 2.30. The summed E-state index contributed by atoms with van der Waals surface area (Å²) in [6.45, 7) is 2.56. The summed E-state index contributed by atoms with van der Waals surface area (Å²) in [5.41, 5.74) is 7.95. The Kier molecular flexibility index (Phi) is 3.14. The Morgan fingerprint density at radius 3 is 2.84 bits per heavy atom. The van der Waals surface area contributed by atoms with Gasteiger partial charge in [-0.2, -0.15) is 4.98 Å². The Bertz CT molecular complexity index is 572. The van der Waals surface area contributed by atoms with Crippen LogP contribution in [0.1, 0.15) is 38.4 Å². The quantitative estimate of drug-likeness (QED) is 0.883. The maximum atomic E-state index is 6.39. The molecule has 1 fully saturated rings. The average Bonchev–Trinajstić information content (AvgIpc) is 2.95. The molecule has 0 unspecified atom stereocenters. The van der Waals surface area contributed by atoms with E-state index in [9.17, 15) is 0 Å². The lowest BCUT2D eigenvalue weighted by Crippen LogP contribution is -2.39. The number of pyridine rings is 1. The summed E-state index contributed by atoms with van der Waals surface area (Å²) < 4.78 is 5.39. The number of aromatic amines is 1. The second-order valence-electron chi connectivity index (χ2n) is 5.38. The third-order valence-electron chi connectivity index (χ3n) is 3.78. The van der Waals surface area contributed by atoms with Gasteiger partial charge in [0.05, 0.1) is 12.1 Å². The number of nitrogens with one attached hydrogen (secondary N) is 1. The first kappa shape index (κ1) is 12.4. The van der Waals surface area contributed by atoms with Gasteiger partial charge in [0.25, 0.3) is 0 Å². The van der Waals surface area contributed by atoms with E-state index in [2.05, 4.69) is 15.0 Å². The molecular formula is C14H20N4O. The molecule has 5 heteroatoms. The van der Waals surface area contributed by atoms with E-state index in [0.717, 1.165) is 30.6 Å². The Labute approximate surface area is 112 Å². The molecule has 2 aromatic heterocycles. The summed E-state index contributed by atoms with van der Waals surface area (Å²) in [6, 6.07) is 3.82. The van der Waals surface area contributed by atoms with E-state index in [1.165, 1.54) is 12.8 Å². The standard InChI is InChI=1S/C14H20N4O/c1-2-19-12-6-5-10-13(18-12)17-11(16-10)9-14(15)7-3-4-8-14/h5-6H,2-4,7-9,15H2,1H3,(H,16,17,18). The molecule has 0 aromatic carbocycles. The van der Waals surface area contributed by atoms with Crippen molar-refractivity contribution in [2.24, 2.45) is 5.73 Å². The van der Waals surface area contributed by atoms with E-state index < -0.39 is 0 Å². The van der Waals surface area contributed by atoms with Gasteiger partial charge in [-0.15, -0.1) is 0 Å². The third kappa shape index (κ3) is 2.56. The van der Waals surface area contributed by atoms with Crippen molar-refractivity contribution in [3.63, 3.8) is 0 Å². The van der Waals surface area contributed by atoms with E-state index in [0.29, 0.717) is 18.1 Å². The molecule has 0 amide bonds. The zero-order chi connectivity index (χ0) is 13.3. The molecule has 0 aliphatic heterocycles. The lowest BCUT2D eigenvalue weighted by molar-refractivity contribution is 0.328. The van der Waals surface area contributed by atoms with Gasteiger partial charge in [0.2, 0.25) is 5.88 Å². The highest BCUT2D eigenvalue weighted by atomic mass is 16.5. The first-order chi connectivity index (χ1) is 9.18. The second kappa shape index (κ2) is 4.81. The molecule has 5 nitrogen and oxygen atoms in total. The number of H-pyrrole nitrogens is 1. The number of nitrogens with two attached hydrogens (primary N) is 1. The van der Waals surface area contributed by atoms with E-state index >= 15 is 0 Å². The van der Waals surface area contributed by atoms with Gasteiger partial charge in [0, 0.05) is 18.0 Å². The molecule has 0 bridgehead atoms. The van der Waals surface area contributed by atoms with E-state index in [1.54, 1.807) is 0 Å². The first-order valence-electron chi connectivity index (χ1n) is 6.96. The van der Waals surface area contributed by atoms with E-state index in [1.807, 2.05) is 19.1 Å². The highest BCUT2D eigenvalue weighted by molar-refractivity contribution is 5.71. The number of fused-ring (bicyclic) bond motifs is 1. The summed E-state index contributed by atoms with van der Waals surface area (Å²) in [7, 11) is 0. The Balaban J connectivity index is 1.84. The van der Waals surface area contributed by atoms with Crippen molar-refractivity contribution in [2.45, 2.75) is 44.6 Å². The minimum absolute atomic E-state index is 0.0867. The van der Waals surface area contributed by atoms with Crippen molar-refractivity contribution in [2.75, 3.05) is 6.61 Å². The van der Waals surface area contributed by atoms with Gasteiger partial charge in [0.15, 0.2) is 5.65 Å². The van der Waals surface area contributed by atoms with Gasteiger partial charge in [-0.1, -0.05) is 12.8 Å². The van der Waals surface area contributed by atoms with Crippen molar-refractivity contribution < 1.29 is 4.74 Å². The molecular weight excluding hydrogens is 240 g/mol. The molecule has 0 radical (unpaired) electrons. The van der Waals surface area contributed by atoms with Crippen LogP contribution in [0.25, 0.3) is 11.2 Å². The molecule has 1 aliphatic carbocycles. The average molecular weight is 260 g/mol. The summed E-state index contributed by atoms with van der Waals surface area (Å²) in [4.78, 5) is 12.2. The molecule has 2 aromatic rings. The van der Waals surface area contributed by atoms with Crippen LogP contribution in [0.5, 0.6) is 5.88 Å². The summed E-state index contributed by atoms with van der Waals surface area (Å²) in [6.07, 6.45) is 5.42. The van der Waals surface area contributed by atoms with Crippen LogP contribution in [0.15, 0.2) is 12.1 Å². The molecule has 3 N–H and O–H groups in total. The summed E-state index contributed by atoms with van der Waals surface area (Å²) in [5, 5.41) is 0. The van der Waals surface area contributed by atoms with Crippen LogP contribution in [0.2, 0.25) is 0 Å². The van der Waals surface area contributed by atoms with Gasteiger partial charge in [-0.3, -0.25) is 0 Å². The van der Waals surface area contributed by atoms with Crippen LogP contribution in [-0.4, -0.2) is 27.1 Å². The van der Waals surface area contributed by atoms with Crippen LogP contribution >= 0.6 is 0 Å². The first-order valence-corrected chi connectivity index (χ1v) is 6.96. The molecule has 0 saturated heterocycles. The SMILES string of the molecule is CCOc1ccc2[nH]c(CC3(N)CCCC3)nc2n1. The van der Waals surface area contributed by atoms with Crippen LogP contribution in [0.3, 0.4) is 0 Å². The number of hydrogen-bond donors (Lipinski definition) is 2. The molecule has 2 heterocycles. The van der Waals surface area contributed by atoms with Crippen LogP contribution in [-0.2, 0) is 6.42 Å². The van der Waals surface area contributed by atoms with Gasteiger partial charge >= 0.3 is 0 Å². The summed E-state index contributed by atoms with van der Waals surface area (Å²) in [5.74, 6) is 1.55. The number of hydrogen-bond acceptors (Lipinski definition) is 4. The van der Waals surface area contributed by atoms with Crippen LogP contribution in [0.4, 0.5) is 0 Å². The number of aromatic nitrogens is 3. The highest BCUT2D eigenvalue weighted by Gasteiger charge is 2.30. The minimum atomic E-state index is -0.0867. The topological polar surface area (TPSA) is 76.8 Å². The predicted molar refractivity (Wildman–Crippen MR) is 74.1 cm³/mol. The smallest absolute Gasteiger partial charge is 0.215 e. The Hall–Kier alpha value is -1.62. The second-order valence-corrected chi connectivity index (χ2v) is 5.38. The van der Waals surface area contributed by atoms with Gasteiger partial charge in [0.1, 0.15) is 5.82 Å². The third-order valence-corrected chi connectivity index (χ3v) is 3.78. The van der Waals surface area contributed by atoms with Gasteiger partial charge in [-0.05, 0) is 25.8 Å². The van der Waals surface area contributed by atoms with Crippen molar-refractivity contribution in [3.8, 4) is 5.88 Å². The fraction of sp³-hybridized carbons (Fsp3) is 0.571. The van der Waals surface area contributed by atoms with Crippen molar-refractivity contribution in [1.29, 1.82) is 0 Å². The predicted octanol–water partition coefficient (Wildman–Crippen LogP) is 2.17. The molecule has 0 spiro atoms. The fourth-order valence-electron chi connectivity index (χ4n) is 2.83. The van der Waals surface area contributed by atoms with Crippen LogP contribution in [0, 0.1) is 0 Å². The number of ether oxygens (including phenoxy) is 1. The lowest BCUT2D eigenvalue weighted by atomic mass is 9.94. The molecule has 1 saturated carbocycles. The zero-order valence-corrected chi connectivity index (χ0v) is 11.3. The molecule has 0 atom stereocenters. The monoisotopic (exact) mass is 260 g/mol. The van der Waals surface area contributed by atoms with E-state index in [4.69, 9.17) is 10.5 Å². The number of rotatable bonds is 4. The van der Waals surface area contributed by atoms with Crippen LogP contribution < -0.4 is 10.5 Å². The maximum absolute atomic E-state index is 6.39. The minimum Gasteiger partial charge on any atom is -0.478 e. The molecule has 1 aliphatic rings. The Morgan fingerprint density at radius 1 is 1.32 bits per heavy atom. The zero-order valence-electron chi connectivity index (χ0n) is 11.3. The molecule has 102 valence electrons. The molecule has 3 rings (SSSR count). The normalized spacial score (nSPS) is 18.0. The molecule has 19 heavy (non-hydrogen) atoms. The largest absolute Gasteiger partial charge is 0.478 e.